The summed E-state index contributed by atoms with van der Waals surface area (Å²) in [5.74, 6) is -0.222. The second kappa shape index (κ2) is 10.9. The van der Waals surface area contributed by atoms with E-state index < -0.39 is 0 Å². The van der Waals surface area contributed by atoms with Crippen LogP contribution in [0.4, 0.5) is 11.4 Å². The molecular weight excluding hydrogens is 416 g/mol. The molecule has 1 aromatic carbocycles. The first-order valence-electron chi connectivity index (χ1n) is 9.56. The molecule has 3 aromatic rings. The normalized spacial score (nSPS) is 10.2. The Morgan fingerprint density at radius 2 is 1.94 bits per heavy atom. The van der Waals surface area contributed by atoms with Crippen LogP contribution in [0.1, 0.15) is 33.6 Å². The molecule has 3 rings (SSSR count). The van der Waals surface area contributed by atoms with Crippen molar-refractivity contribution in [2.24, 2.45) is 0 Å². The van der Waals surface area contributed by atoms with Gasteiger partial charge in [0.05, 0.1) is 18.4 Å². The van der Waals surface area contributed by atoms with Crippen LogP contribution in [0, 0.1) is 0 Å². The quantitative estimate of drug-likeness (QED) is 0.443. The maximum atomic E-state index is 12.3. The second-order valence-electron chi connectivity index (χ2n) is 6.53. The zero-order chi connectivity index (χ0) is 22.1. The van der Waals surface area contributed by atoms with Crippen molar-refractivity contribution in [2.75, 3.05) is 24.3 Å². The SMILES string of the molecule is COc1cc(NC(=O)CCCNC(=O)c2ccsc2)ccc1NC(=O)c1cccnc1. The topological polar surface area (TPSA) is 109 Å². The Hall–Kier alpha value is -3.72. The average molecular weight is 439 g/mol. The Balaban J connectivity index is 1.49. The number of benzene rings is 1. The van der Waals surface area contributed by atoms with E-state index in [1.54, 1.807) is 48.0 Å². The summed E-state index contributed by atoms with van der Waals surface area (Å²) < 4.78 is 5.34. The van der Waals surface area contributed by atoms with Crippen molar-refractivity contribution < 1.29 is 19.1 Å². The van der Waals surface area contributed by atoms with Crippen LogP contribution in [0.5, 0.6) is 5.75 Å². The summed E-state index contributed by atoms with van der Waals surface area (Å²) in [7, 11) is 1.48. The van der Waals surface area contributed by atoms with Gasteiger partial charge in [0.2, 0.25) is 5.91 Å². The fraction of sp³-hybridized carbons (Fsp3) is 0.182. The summed E-state index contributed by atoms with van der Waals surface area (Å²) in [5.41, 5.74) is 2.07. The van der Waals surface area contributed by atoms with E-state index in [1.807, 2.05) is 5.38 Å². The van der Waals surface area contributed by atoms with E-state index in [4.69, 9.17) is 4.74 Å². The van der Waals surface area contributed by atoms with Gasteiger partial charge in [-0.2, -0.15) is 11.3 Å². The third-order valence-electron chi connectivity index (χ3n) is 4.31. The summed E-state index contributed by atoms with van der Waals surface area (Å²) in [5, 5.41) is 12.0. The molecule has 9 heteroatoms. The first kappa shape index (κ1) is 22.0. The van der Waals surface area contributed by atoms with Gasteiger partial charge in [0.15, 0.2) is 0 Å². The molecule has 0 fully saturated rings. The summed E-state index contributed by atoms with van der Waals surface area (Å²) in [6, 6.07) is 10.1. The van der Waals surface area contributed by atoms with E-state index in [2.05, 4.69) is 20.9 Å². The molecule has 2 heterocycles. The fourth-order valence-corrected chi connectivity index (χ4v) is 3.37. The lowest BCUT2D eigenvalue weighted by molar-refractivity contribution is -0.116. The molecular formula is C22H22N4O4S. The molecule has 8 nitrogen and oxygen atoms in total. The minimum absolute atomic E-state index is 0.143. The van der Waals surface area contributed by atoms with Crippen molar-refractivity contribution in [1.82, 2.24) is 10.3 Å². The molecule has 0 spiro atoms. The number of methoxy groups -OCH3 is 1. The minimum Gasteiger partial charge on any atom is -0.494 e. The lowest BCUT2D eigenvalue weighted by atomic mass is 10.2. The van der Waals surface area contributed by atoms with Crippen LogP contribution in [0.2, 0.25) is 0 Å². The molecule has 3 amide bonds. The van der Waals surface area contributed by atoms with Crippen LogP contribution < -0.4 is 20.7 Å². The lowest BCUT2D eigenvalue weighted by Gasteiger charge is -2.13. The summed E-state index contributed by atoms with van der Waals surface area (Å²) >= 11 is 1.46. The van der Waals surface area contributed by atoms with Crippen molar-refractivity contribution >= 4 is 40.4 Å². The third kappa shape index (κ3) is 6.38. The van der Waals surface area contributed by atoms with Gasteiger partial charge in [-0.05, 0) is 42.1 Å². The van der Waals surface area contributed by atoms with Gasteiger partial charge in [-0.25, -0.2) is 0 Å². The summed E-state index contributed by atoms with van der Waals surface area (Å²) in [6.07, 6.45) is 3.83. The molecule has 0 atom stereocenters. The van der Waals surface area contributed by atoms with Gasteiger partial charge in [0, 0.05) is 48.1 Å². The standard InChI is InChI=1S/C22H22N4O4S/c1-30-19-12-17(6-7-18(19)26-22(29)15-4-2-9-23-13-15)25-20(27)5-3-10-24-21(28)16-8-11-31-14-16/h2,4,6-9,11-14H,3,5,10H2,1H3,(H,24,28)(H,25,27)(H,26,29). The number of carbonyl (C=O) groups excluding carboxylic acids is 3. The number of hydrogen-bond donors (Lipinski definition) is 3. The van der Waals surface area contributed by atoms with Crippen molar-refractivity contribution in [1.29, 1.82) is 0 Å². The molecule has 0 aliphatic carbocycles. The van der Waals surface area contributed by atoms with E-state index in [0.29, 0.717) is 41.2 Å². The monoisotopic (exact) mass is 438 g/mol. The summed E-state index contributed by atoms with van der Waals surface area (Å²) in [4.78, 5) is 40.3. The van der Waals surface area contributed by atoms with Gasteiger partial charge in [0.1, 0.15) is 5.75 Å². The average Bonchev–Trinajstić information content (AvgIpc) is 3.33. The van der Waals surface area contributed by atoms with Crippen LogP contribution >= 0.6 is 11.3 Å². The highest BCUT2D eigenvalue weighted by Crippen LogP contribution is 2.28. The van der Waals surface area contributed by atoms with E-state index in [0.717, 1.165) is 0 Å². The zero-order valence-electron chi connectivity index (χ0n) is 16.9. The van der Waals surface area contributed by atoms with Gasteiger partial charge in [0.25, 0.3) is 11.8 Å². The number of carbonyl (C=O) groups is 3. The van der Waals surface area contributed by atoms with Crippen molar-refractivity contribution in [2.45, 2.75) is 12.8 Å². The number of anilines is 2. The largest absolute Gasteiger partial charge is 0.494 e. The number of hydrogen-bond acceptors (Lipinski definition) is 6. The molecule has 0 saturated carbocycles. The second-order valence-corrected chi connectivity index (χ2v) is 7.31. The van der Waals surface area contributed by atoms with Crippen LogP contribution in [0.3, 0.4) is 0 Å². The van der Waals surface area contributed by atoms with Crippen LogP contribution in [-0.4, -0.2) is 36.4 Å². The molecule has 0 bridgehead atoms. The Bertz CT molecular complexity index is 1040. The smallest absolute Gasteiger partial charge is 0.257 e. The van der Waals surface area contributed by atoms with Crippen molar-refractivity contribution in [3.05, 3.63) is 70.7 Å². The number of nitrogens with one attached hydrogen (secondary N) is 3. The Kier molecular flexibility index (Phi) is 7.72. The highest BCUT2D eigenvalue weighted by molar-refractivity contribution is 7.08. The summed E-state index contributed by atoms with van der Waals surface area (Å²) in [6.45, 7) is 0.407. The lowest BCUT2D eigenvalue weighted by Crippen LogP contribution is -2.25. The molecule has 0 radical (unpaired) electrons. The third-order valence-corrected chi connectivity index (χ3v) is 4.99. The number of pyridine rings is 1. The molecule has 2 aromatic heterocycles. The van der Waals surface area contributed by atoms with E-state index >= 15 is 0 Å². The Morgan fingerprint density at radius 3 is 2.65 bits per heavy atom. The van der Waals surface area contributed by atoms with E-state index in [-0.39, 0.29) is 24.1 Å². The molecule has 160 valence electrons. The first-order chi connectivity index (χ1) is 15.1. The fourth-order valence-electron chi connectivity index (χ4n) is 2.73. The highest BCUT2D eigenvalue weighted by Gasteiger charge is 2.12. The predicted octanol–water partition coefficient (Wildman–Crippen LogP) is 3.55. The number of aromatic nitrogens is 1. The molecule has 0 saturated heterocycles. The minimum atomic E-state index is -0.312. The number of nitrogens with zero attached hydrogens (tertiary/aromatic N) is 1. The predicted molar refractivity (Wildman–Crippen MR) is 120 cm³/mol. The van der Waals surface area contributed by atoms with E-state index in [9.17, 15) is 14.4 Å². The number of rotatable bonds is 9. The number of amides is 3. The van der Waals surface area contributed by atoms with Gasteiger partial charge in [-0.15, -0.1) is 0 Å². The van der Waals surface area contributed by atoms with Gasteiger partial charge in [-0.3, -0.25) is 19.4 Å². The van der Waals surface area contributed by atoms with Crippen LogP contribution in [-0.2, 0) is 4.79 Å². The van der Waals surface area contributed by atoms with Gasteiger partial charge in [-0.1, -0.05) is 0 Å². The van der Waals surface area contributed by atoms with Gasteiger partial charge >= 0.3 is 0 Å². The Labute approximate surface area is 183 Å². The molecule has 31 heavy (non-hydrogen) atoms. The van der Waals surface area contributed by atoms with Crippen LogP contribution in [0.25, 0.3) is 0 Å². The molecule has 0 unspecified atom stereocenters. The number of thiophene rings is 1. The molecule has 0 aliphatic heterocycles. The zero-order valence-corrected chi connectivity index (χ0v) is 17.7. The van der Waals surface area contributed by atoms with Crippen LogP contribution in [0.15, 0.2) is 59.6 Å². The molecule has 3 N–H and O–H groups in total. The maximum Gasteiger partial charge on any atom is 0.257 e. The molecule has 0 aliphatic rings. The van der Waals surface area contributed by atoms with Crippen molar-refractivity contribution in [3.63, 3.8) is 0 Å². The van der Waals surface area contributed by atoms with Crippen molar-refractivity contribution in [3.8, 4) is 5.75 Å². The highest BCUT2D eigenvalue weighted by atomic mass is 32.1. The Morgan fingerprint density at radius 1 is 1.06 bits per heavy atom. The van der Waals surface area contributed by atoms with Gasteiger partial charge < -0.3 is 20.7 Å². The van der Waals surface area contributed by atoms with E-state index in [1.165, 1.54) is 24.6 Å². The first-order valence-corrected chi connectivity index (χ1v) is 10.5. The maximum absolute atomic E-state index is 12.3. The number of ether oxygens (including phenoxy) is 1.